The summed E-state index contributed by atoms with van der Waals surface area (Å²) in [6.07, 6.45) is 3.67. The van der Waals surface area contributed by atoms with Gasteiger partial charge in [-0.3, -0.25) is 4.79 Å². The Morgan fingerprint density at radius 1 is 1.23 bits per heavy atom. The highest BCUT2D eigenvalue weighted by Crippen LogP contribution is 2.51. The molecule has 26 heavy (non-hydrogen) atoms. The van der Waals surface area contributed by atoms with E-state index in [2.05, 4.69) is 0 Å². The van der Waals surface area contributed by atoms with Gasteiger partial charge in [0, 0.05) is 41.6 Å². The highest BCUT2D eigenvalue weighted by Gasteiger charge is 2.46. The number of hydrogen-bond donors (Lipinski definition) is 0. The van der Waals surface area contributed by atoms with Crippen LogP contribution in [-0.4, -0.2) is 30.7 Å². The fraction of sp³-hybridized carbons (Fsp3) is 0.444. The molecule has 1 aromatic carbocycles. The summed E-state index contributed by atoms with van der Waals surface area (Å²) >= 11 is 14.6. The summed E-state index contributed by atoms with van der Waals surface area (Å²) in [6, 6.07) is 1.51. The van der Waals surface area contributed by atoms with Crippen molar-refractivity contribution in [3.8, 4) is 0 Å². The maximum absolute atomic E-state index is 12.7. The molecule has 1 aliphatic carbocycles. The molecule has 0 bridgehead atoms. The first-order valence-electron chi connectivity index (χ1n) is 8.39. The number of ether oxygens (including phenoxy) is 3. The lowest BCUT2D eigenvalue weighted by Crippen LogP contribution is -2.32. The van der Waals surface area contributed by atoms with Gasteiger partial charge >= 0.3 is 5.97 Å². The van der Waals surface area contributed by atoms with Crippen LogP contribution in [0.5, 0.6) is 0 Å². The third-order valence-electron chi connectivity index (χ3n) is 4.60. The molecule has 0 saturated carbocycles. The van der Waals surface area contributed by atoms with E-state index in [0.29, 0.717) is 55.2 Å². The number of allylic oxidation sites excluding steroid dienone is 2. The summed E-state index contributed by atoms with van der Waals surface area (Å²) in [4.78, 5) is 25.0. The van der Waals surface area contributed by atoms with Crippen molar-refractivity contribution in [2.75, 3.05) is 19.0 Å². The van der Waals surface area contributed by atoms with Crippen molar-refractivity contribution in [2.45, 2.75) is 36.4 Å². The number of carbonyl (C=O) groups is 2. The van der Waals surface area contributed by atoms with Crippen molar-refractivity contribution in [1.29, 1.82) is 0 Å². The summed E-state index contributed by atoms with van der Waals surface area (Å²) in [6.45, 7) is 0.920. The van der Waals surface area contributed by atoms with Crippen LogP contribution in [0.2, 0.25) is 10.0 Å². The van der Waals surface area contributed by atoms with Crippen molar-refractivity contribution in [2.24, 2.45) is 0 Å². The molecule has 0 amide bonds. The summed E-state index contributed by atoms with van der Waals surface area (Å²) in [7, 11) is 0. The second-order valence-electron chi connectivity index (χ2n) is 6.29. The van der Waals surface area contributed by atoms with E-state index in [4.69, 9.17) is 37.4 Å². The molecule has 2 aliphatic heterocycles. The first-order chi connectivity index (χ1) is 12.5. The Labute approximate surface area is 164 Å². The number of carbonyl (C=O) groups excluding carboxylic acids is 2. The van der Waals surface area contributed by atoms with E-state index in [1.807, 2.05) is 0 Å². The molecule has 1 aromatic rings. The van der Waals surface area contributed by atoms with Crippen LogP contribution in [0.4, 0.5) is 0 Å². The molecule has 8 heteroatoms. The normalized spacial score (nSPS) is 21.5. The zero-order valence-electron chi connectivity index (χ0n) is 13.8. The average molecular weight is 415 g/mol. The molecule has 0 N–H and O–H groups in total. The van der Waals surface area contributed by atoms with Crippen LogP contribution in [0, 0.1) is 0 Å². The Kier molecular flexibility index (Phi) is 5.05. The fourth-order valence-electron chi connectivity index (χ4n) is 3.41. The monoisotopic (exact) mass is 414 g/mol. The Hall–Kier alpha value is -1.05. The van der Waals surface area contributed by atoms with Crippen LogP contribution in [-0.2, 0) is 24.8 Å². The van der Waals surface area contributed by atoms with Gasteiger partial charge in [0.1, 0.15) is 5.76 Å². The van der Waals surface area contributed by atoms with E-state index < -0.39 is 11.8 Å². The first kappa shape index (κ1) is 18.3. The van der Waals surface area contributed by atoms with Crippen molar-refractivity contribution < 1.29 is 23.8 Å². The zero-order valence-corrected chi connectivity index (χ0v) is 16.1. The maximum Gasteiger partial charge on any atom is 0.344 e. The quantitative estimate of drug-likeness (QED) is 0.664. The molecule has 1 spiro atoms. The lowest BCUT2D eigenvalue weighted by Gasteiger charge is -2.35. The molecule has 0 aromatic heterocycles. The fourth-order valence-corrected chi connectivity index (χ4v) is 5.38. The van der Waals surface area contributed by atoms with E-state index in [-0.39, 0.29) is 16.4 Å². The lowest BCUT2D eigenvalue weighted by atomic mass is 9.99. The minimum absolute atomic E-state index is 0.0447. The van der Waals surface area contributed by atoms with Gasteiger partial charge in [-0.15, -0.1) is 11.8 Å². The SMILES string of the molecule is O=C1C=C(OC(=O)c2cc(Cl)c3c(c2Cl)C2(CCS3)OCCO2)CCC1. The molecule has 2 heterocycles. The number of hydrogen-bond acceptors (Lipinski definition) is 6. The van der Waals surface area contributed by atoms with E-state index >= 15 is 0 Å². The molecule has 138 valence electrons. The van der Waals surface area contributed by atoms with Crippen LogP contribution in [0.25, 0.3) is 0 Å². The van der Waals surface area contributed by atoms with E-state index in [1.54, 1.807) is 11.8 Å². The van der Waals surface area contributed by atoms with Crippen LogP contribution in [0.3, 0.4) is 0 Å². The highest BCUT2D eigenvalue weighted by atomic mass is 35.5. The lowest BCUT2D eigenvalue weighted by molar-refractivity contribution is -0.169. The molecule has 1 fully saturated rings. The van der Waals surface area contributed by atoms with Gasteiger partial charge in [0.05, 0.1) is 28.8 Å². The van der Waals surface area contributed by atoms with Crippen molar-refractivity contribution in [3.05, 3.63) is 39.1 Å². The number of fused-ring (bicyclic) bond motifs is 2. The molecular formula is C18H16Cl2O5S. The van der Waals surface area contributed by atoms with Crippen LogP contribution in [0.15, 0.2) is 22.8 Å². The smallest absolute Gasteiger partial charge is 0.344 e. The molecular weight excluding hydrogens is 399 g/mol. The number of benzene rings is 1. The Balaban J connectivity index is 1.73. The number of esters is 1. The topological polar surface area (TPSA) is 61.8 Å². The Morgan fingerprint density at radius 2 is 2.00 bits per heavy atom. The first-order valence-corrected chi connectivity index (χ1v) is 10.1. The van der Waals surface area contributed by atoms with Gasteiger partial charge in [-0.1, -0.05) is 23.2 Å². The van der Waals surface area contributed by atoms with Crippen molar-refractivity contribution in [3.63, 3.8) is 0 Å². The summed E-state index contributed by atoms with van der Waals surface area (Å²) < 4.78 is 17.1. The van der Waals surface area contributed by atoms with Crippen LogP contribution >= 0.6 is 35.0 Å². The van der Waals surface area contributed by atoms with Gasteiger partial charge < -0.3 is 14.2 Å². The highest BCUT2D eigenvalue weighted by molar-refractivity contribution is 7.99. The minimum Gasteiger partial charge on any atom is -0.427 e. The van der Waals surface area contributed by atoms with Gasteiger partial charge in [0.2, 0.25) is 0 Å². The molecule has 3 aliphatic rings. The molecule has 0 unspecified atom stereocenters. The largest absolute Gasteiger partial charge is 0.427 e. The summed E-state index contributed by atoms with van der Waals surface area (Å²) in [5, 5.41) is 0.638. The third kappa shape index (κ3) is 3.18. The summed E-state index contributed by atoms with van der Waals surface area (Å²) in [5.41, 5.74) is 0.747. The van der Waals surface area contributed by atoms with Crippen LogP contribution in [0.1, 0.15) is 41.6 Å². The van der Waals surface area contributed by atoms with Crippen LogP contribution < -0.4 is 0 Å². The van der Waals surface area contributed by atoms with E-state index in [1.165, 1.54) is 12.1 Å². The molecule has 4 rings (SSSR count). The van der Waals surface area contributed by atoms with Gasteiger partial charge in [-0.2, -0.15) is 0 Å². The molecule has 0 radical (unpaired) electrons. The maximum atomic E-state index is 12.7. The van der Waals surface area contributed by atoms with Gasteiger partial charge in [-0.25, -0.2) is 4.79 Å². The Bertz CT molecular complexity index is 814. The van der Waals surface area contributed by atoms with Crippen molar-refractivity contribution >= 4 is 46.7 Å². The third-order valence-corrected chi connectivity index (χ3v) is 6.52. The zero-order chi connectivity index (χ0) is 18.3. The molecule has 1 saturated heterocycles. The van der Waals surface area contributed by atoms with E-state index in [0.717, 1.165) is 10.6 Å². The standard InChI is InChI=1S/C18H16Cl2O5S/c19-13-9-12(17(22)25-11-3-1-2-10(21)8-11)15(20)14-16(13)26-7-4-18(14)23-5-6-24-18/h8-9H,1-7H2. The minimum atomic E-state index is -0.961. The number of ketones is 1. The van der Waals surface area contributed by atoms with Crippen molar-refractivity contribution in [1.82, 2.24) is 0 Å². The number of halogens is 2. The number of rotatable bonds is 2. The predicted octanol–water partition coefficient (Wildman–Crippen LogP) is 4.48. The van der Waals surface area contributed by atoms with Gasteiger partial charge in [0.25, 0.3) is 0 Å². The summed E-state index contributed by atoms with van der Waals surface area (Å²) in [5.74, 6) is -0.505. The number of thioether (sulfide) groups is 1. The average Bonchev–Trinajstić information content (AvgIpc) is 3.06. The predicted molar refractivity (Wildman–Crippen MR) is 97.7 cm³/mol. The second kappa shape index (κ2) is 7.17. The van der Waals surface area contributed by atoms with E-state index in [9.17, 15) is 9.59 Å². The second-order valence-corrected chi connectivity index (χ2v) is 8.18. The molecule has 0 atom stereocenters. The Morgan fingerprint density at radius 3 is 2.73 bits per heavy atom. The molecule has 5 nitrogen and oxygen atoms in total. The van der Waals surface area contributed by atoms with Gasteiger partial charge in [0.15, 0.2) is 11.6 Å². The van der Waals surface area contributed by atoms with Gasteiger partial charge in [-0.05, 0) is 12.5 Å².